The van der Waals surface area contributed by atoms with Crippen molar-refractivity contribution in [3.05, 3.63) is 92.0 Å². The fourth-order valence-corrected chi connectivity index (χ4v) is 9.87. The topological polar surface area (TPSA) is 119 Å². The molecular formula is C48H57Cl2N7O6. The Morgan fingerprint density at radius 2 is 1.57 bits per heavy atom. The van der Waals surface area contributed by atoms with E-state index in [1.807, 2.05) is 79.2 Å². The highest BCUT2D eigenvalue weighted by Crippen LogP contribution is 2.46. The molecule has 1 amide bonds. The van der Waals surface area contributed by atoms with Crippen molar-refractivity contribution >= 4 is 62.6 Å². The Labute approximate surface area is 378 Å². The molecule has 13 nitrogen and oxygen atoms in total. The molecule has 6 aromatic rings. The highest BCUT2D eigenvalue weighted by Gasteiger charge is 2.38. The van der Waals surface area contributed by atoms with E-state index >= 15 is 4.79 Å². The van der Waals surface area contributed by atoms with E-state index in [1.165, 1.54) is 0 Å². The highest BCUT2D eigenvalue weighted by atomic mass is 35.5. The second-order valence-electron chi connectivity index (χ2n) is 17.1. The molecule has 1 N–H and O–H groups in total. The molecule has 63 heavy (non-hydrogen) atoms. The fourth-order valence-electron chi connectivity index (χ4n) is 9.52. The van der Waals surface area contributed by atoms with E-state index in [1.54, 1.807) is 19.4 Å². The number of ether oxygens (including phenoxy) is 3. The minimum Gasteiger partial charge on any atom is -0.494 e. The van der Waals surface area contributed by atoms with E-state index < -0.39 is 5.97 Å². The lowest BCUT2D eigenvalue weighted by Gasteiger charge is -2.35. The average molecular weight is 899 g/mol. The molecule has 3 aromatic heterocycles. The number of amides is 1. The van der Waals surface area contributed by atoms with E-state index in [2.05, 4.69) is 28.3 Å². The molecule has 0 spiro atoms. The van der Waals surface area contributed by atoms with Gasteiger partial charge in [0.1, 0.15) is 23.8 Å². The van der Waals surface area contributed by atoms with Crippen LogP contribution in [-0.4, -0.2) is 119 Å². The molecule has 5 heterocycles. The maximum absolute atomic E-state index is 15.7. The number of fused-ring (bicyclic) bond motifs is 4. The molecule has 8 rings (SSSR count). The summed E-state index contributed by atoms with van der Waals surface area (Å²) in [5, 5.41) is 18.0. The number of anilines is 1. The molecular weight excluding hydrogens is 841 g/mol. The number of aryl methyl sites for hydroxylation is 5. The van der Waals surface area contributed by atoms with E-state index in [0.29, 0.717) is 78.8 Å². The molecule has 1 saturated heterocycles. The van der Waals surface area contributed by atoms with Gasteiger partial charge in [-0.2, -0.15) is 5.10 Å². The number of rotatable bonds is 15. The summed E-state index contributed by atoms with van der Waals surface area (Å²) in [6.07, 6.45) is 2.81. The molecule has 0 aliphatic carbocycles. The Morgan fingerprint density at radius 3 is 2.24 bits per heavy atom. The summed E-state index contributed by atoms with van der Waals surface area (Å²) in [6, 6.07) is 11.3. The maximum Gasteiger partial charge on any atom is 0.337 e. The monoisotopic (exact) mass is 897 g/mol. The summed E-state index contributed by atoms with van der Waals surface area (Å²) >= 11 is 13.7. The lowest BCUT2D eigenvalue weighted by molar-refractivity contribution is 0.0698. The van der Waals surface area contributed by atoms with Crippen LogP contribution in [-0.2, 0) is 24.8 Å². The number of piperazine rings is 1. The fraction of sp³-hybridized carbons (Fsp3) is 0.438. The predicted octanol–water partition coefficient (Wildman–Crippen LogP) is 8.74. The molecule has 1 unspecified atom stereocenters. The van der Waals surface area contributed by atoms with Crippen LogP contribution >= 0.6 is 23.2 Å². The number of hydrogen-bond donors (Lipinski definition) is 1. The van der Waals surface area contributed by atoms with Gasteiger partial charge in [-0.05, 0) is 95.5 Å². The van der Waals surface area contributed by atoms with Crippen LogP contribution in [0.3, 0.4) is 0 Å². The van der Waals surface area contributed by atoms with Crippen LogP contribution < -0.4 is 14.4 Å². The first-order valence-corrected chi connectivity index (χ1v) is 22.4. The third kappa shape index (κ3) is 8.42. The van der Waals surface area contributed by atoms with Gasteiger partial charge in [-0.1, -0.05) is 29.3 Å². The van der Waals surface area contributed by atoms with Gasteiger partial charge < -0.3 is 38.3 Å². The van der Waals surface area contributed by atoms with Gasteiger partial charge in [-0.15, -0.1) is 0 Å². The van der Waals surface area contributed by atoms with Crippen molar-refractivity contribution in [3.63, 3.8) is 0 Å². The van der Waals surface area contributed by atoms with Crippen molar-refractivity contribution in [1.82, 2.24) is 28.7 Å². The third-order valence-electron chi connectivity index (χ3n) is 12.8. The molecule has 0 saturated carbocycles. The number of nitrogens with zero attached hydrogens (tertiary/aromatic N) is 7. The first-order chi connectivity index (χ1) is 30.2. The first kappa shape index (κ1) is 44.6. The van der Waals surface area contributed by atoms with Crippen LogP contribution in [0.1, 0.15) is 68.3 Å². The highest BCUT2D eigenvalue weighted by molar-refractivity contribution is 6.35. The summed E-state index contributed by atoms with van der Waals surface area (Å²) in [4.78, 5) is 35.0. The van der Waals surface area contributed by atoms with Crippen LogP contribution in [0.5, 0.6) is 11.5 Å². The van der Waals surface area contributed by atoms with Crippen LogP contribution in [0.25, 0.3) is 32.9 Å². The van der Waals surface area contributed by atoms with Crippen molar-refractivity contribution in [2.45, 2.75) is 60.0 Å². The van der Waals surface area contributed by atoms with Gasteiger partial charge in [0.2, 0.25) is 0 Å². The zero-order valence-electron chi connectivity index (χ0n) is 37.5. The van der Waals surface area contributed by atoms with Crippen molar-refractivity contribution < 1.29 is 28.9 Å². The summed E-state index contributed by atoms with van der Waals surface area (Å²) < 4.78 is 24.2. The third-order valence-corrected chi connectivity index (χ3v) is 13.7. The summed E-state index contributed by atoms with van der Waals surface area (Å²) in [6.45, 7) is 16.6. The first-order valence-electron chi connectivity index (χ1n) is 21.7. The van der Waals surface area contributed by atoms with E-state index in [4.69, 9.17) is 42.5 Å². The lowest BCUT2D eigenvalue weighted by Crippen LogP contribution is -2.45. The van der Waals surface area contributed by atoms with E-state index in [0.717, 1.165) is 93.6 Å². The smallest absolute Gasteiger partial charge is 0.337 e. The van der Waals surface area contributed by atoms with Gasteiger partial charge in [-0.3, -0.25) is 14.4 Å². The van der Waals surface area contributed by atoms with Gasteiger partial charge in [-0.25, -0.2) is 4.79 Å². The van der Waals surface area contributed by atoms with Crippen molar-refractivity contribution in [2.75, 3.05) is 78.1 Å². The molecule has 0 radical (unpaired) electrons. The molecule has 334 valence electrons. The Hall–Kier alpha value is -5.05. The molecule has 2 aliphatic heterocycles. The second kappa shape index (κ2) is 18.2. The average Bonchev–Trinajstić information content (AvgIpc) is 3.87. The van der Waals surface area contributed by atoms with Crippen molar-refractivity contribution in [2.24, 2.45) is 7.05 Å². The molecule has 0 bridgehead atoms. The van der Waals surface area contributed by atoms with E-state index in [-0.39, 0.29) is 17.5 Å². The second-order valence-corrected chi connectivity index (χ2v) is 17.9. The Balaban J connectivity index is 1.25. The minimum atomic E-state index is -1.06. The Kier molecular flexibility index (Phi) is 12.9. The Bertz CT molecular complexity index is 2710. The number of carbonyl (C=O) groups is 2. The quantitative estimate of drug-likeness (QED) is 0.101. The lowest BCUT2D eigenvalue weighted by atomic mass is 9.98. The molecule has 1 atom stereocenters. The number of carbonyl (C=O) groups excluding carboxylic acids is 1. The normalized spacial score (nSPS) is 16.1. The van der Waals surface area contributed by atoms with Gasteiger partial charge in [0.15, 0.2) is 0 Å². The van der Waals surface area contributed by atoms with E-state index in [9.17, 15) is 9.90 Å². The number of carboxylic acids is 1. The number of halogens is 2. The summed E-state index contributed by atoms with van der Waals surface area (Å²) in [7, 11) is 5.67. The zero-order chi connectivity index (χ0) is 44.9. The van der Waals surface area contributed by atoms with Gasteiger partial charge >= 0.3 is 5.97 Å². The number of aromatic nitrogens is 4. The number of benzene rings is 3. The molecule has 1 fully saturated rings. The largest absolute Gasteiger partial charge is 0.494 e. The SMILES string of the molecule is COCCn1cc(C(=O)O)c2cc(OCCN3CCN(C)CC3)cc(N3CC(C)n4c(c(CCCOc5cc(C)c(Cl)c(C)c5)c5ccc(Cl)c(-c6c(C)nn(C)c6C)c54)C3=O)c21. The number of carboxylic acid groups (broad SMARTS) is 1. The number of hydrogen-bond acceptors (Lipinski definition) is 8. The summed E-state index contributed by atoms with van der Waals surface area (Å²) in [5.41, 5.74) is 9.20. The van der Waals surface area contributed by atoms with Gasteiger partial charge in [0.25, 0.3) is 5.91 Å². The molecule has 3 aromatic carbocycles. The van der Waals surface area contributed by atoms with Crippen LogP contribution in [0.2, 0.25) is 10.0 Å². The minimum absolute atomic E-state index is 0.131. The zero-order valence-corrected chi connectivity index (χ0v) is 39.0. The van der Waals surface area contributed by atoms with Crippen molar-refractivity contribution in [1.29, 1.82) is 0 Å². The summed E-state index contributed by atoms with van der Waals surface area (Å²) in [5.74, 6) is -0.00330. The number of methoxy groups -OCH3 is 1. The predicted molar refractivity (Wildman–Crippen MR) is 250 cm³/mol. The van der Waals surface area contributed by atoms with Crippen LogP contribution in [0.15, 0.2) is 42.6 Å². The molecule has 15 heteroatoms. The standard InChI is InChI=1S/C48H57Cl2N7O6/c1-28-22-33(23-29(2)43(28)50)62-19-9-10-35-36-11-12-39(49)42(41-31(4)51-53(7)32(41)5)45(36)57-30(3)26-56(47(58)46(35)57)40-25-34(63-21-17-54-15-13-52(6)14-16-54)24-37-38(48(59)60)27-55(44(37)40)18-20-61-8/h11-12,22-25,27,30H,9-10,13-21,26H2,1-8H3,(H,59,60). The van der Waals surface area contributed by atoms with Gasteiger partial charge in [0, 0.05) is 111 Å². The van der Waals surface area contributed by atoms with Gasteiger partial charge in [0.05, 0.1) is 46.2 Å². The number of aromatic carboxylic acids is 1. The van der Waals surface area contributed by atoms with Crippen LogP contribution in [0, 0.1) is 27.7 Å². The Morgan fingerprint density at radius 1 is 0.873 bits per heavy atom. The maximum atomic E-state index is 15.7. The van der Waals surface area contributed by atoms with Crippen molar-refractivity contribution in [3.8, 4) is 22.6 Å². The molecule has 2 aliphatic rings. The van der Waals surface area contributed by atoms with Crippen LogP contribution in [0.4, 0.5) is 5.69 Å². The number of likely N-dealkylation sites (N-methyl/N-ethyl adjacent to an activating group) is 1.